The number of imidazole rings is 1. The van der Waals surface area contributed by atoms with Gasteiger partial charge in [0.25, 0.3) is 0 Å². The van der Waals surface area contributed by atoms with Crippen LogP contribution in [0.4, 0.5) is 0 Å². The highest BCUT2D eigenvalue weighted by molar-refractivity contribution is 7.89. The van der Waals surface area contributed by atoms with Crippen molar-refractivity contribution in [2.45, 2.75) is 4.90 Å². The van der Waals surface area contributed by atoms with E-state index in [9.17, 15) is 8.42 Å². The Hall–Kier alpha value is -3.03. The molecule has 2 heterocycles. The smallest absolute Gasteiger partial charge is 0.238 e. The standard InChI is InChI=1S/C18H14N4O2S/c19-25(23,24)17-6-3-4-13(14-5-1-2-9-20-14)18(17)12-7-8-15-16(10-12)22-11-21-15/h1-11H,(H,21,22)(H2,19,23,24). The number of hydrogen-bond donors (Lipinski definition) is 2. The molecule has 0 atom stereocenters. The minimum absolute atomic E-state index is 0.0644. The molecule has 124 valence electrons. The Bertz CT molecular complexity index is 1170. The van der Waals surface area contributed by atoms with Gasteiger partial charge in [0.15, 0.2) is 0 Å². The van der Waals surface area contributed by atoms with Gasteiger partial charge in [0.05, 0.1) is 28.0 Å². The minimum Gasteiger partial charge on any atom is -0.345 e. The number of nitrogens with two attached hydrogens (primary N) is 1. The van der Waals surface area contributed by atoms with Crippen LogP contribution >= 0.6 is 0 Å². The van der Waals surface area contributed by atoms with Crippen molar-refractivity contribution < 1.29 is 8.42 Å². The van der Waals surface area contributed by atoms with Gasteiger partial charge in [-0.2, -0.15) is 0 Å². The molecule has 4 rings (SSSR count). The van der Waals surface area contributed by atoms with Crippen LogP contribution in [0.5, 0.6) is 0 Å². The number of rotatable bonds is 3. The molecule has 6 nitrogen and oxygen atoms in total. The van der Waals surface area contributed by atoms with Crippen LogP contribution in [0.15, 0.2) is 72.0 Å². The molecule has 0 fully saturated rings. The molecule has 2 aromatic carbocycles. The van der Waals surface area contributed by atoms with Crippen LogP contribution < -0.4 is 5.14 Å². The summed E-state index contributed by atoms with van der Waals surface area (Å²) in [6.45, 7) is 0. The molecule has 0 saturated carbocycles. The maximum absolute atomic E-state index is 12.2. The van der Waals surface area contributed by atoms with Gasteiger partial charge in [-0.15, -0.1) is 0 Å². The fraction of sp³-hybridized carbons (Fsp3) is 0. The number of H-pyrrole nitrogens is 1. The molecule has 25 heavy (non-hydrogen) atoms. The summed E-state index contributed by atoms with van der Waals surface area (Å²) in [5.41, 5.74) is 4.24. The first-order valence-corrected chi connectivity index (χ1v) is 9.09. The number of primary sulfonamides is 1. The molecular formula is C18H14N4O2S. The van der Waals surface area contributed by atoms with Crippen LogP contribution in [0.3, 0.4) is 0 Å². The molecule has 7 heteroatoms. The zero-order chi connectivity index (χ0) is 17.4. The molecule has 0 aliphatic carbocycles. The maximum Gasteiger partial charge on any atom is 0.238 e. The van der Waals surface area contributed by atoms with Crippen molar-refractivity contribution >= 4 is 21.1 Å². The summed E-state index contributed by atoms with van der Waals surface area (Å²) in [5, 5.41) is 5.47. The highest BCUT2D eigenvalue weighted by Crippen LogP contribution is 2.36. The number of nitrogens with zero attached hydrogens (tertiary/aromatic N) is 2. The lowest BCUT2D eigenvalue weighted by molar-refractivity contribution is 0.598. The highest BCUT2D eigenvalue weighted by Gasteiger charge is 2.20. The number of fused-ring (bicyclic) bond motifs is 1. The molecule has 0 bridgehead atoms. The lowest BCUT2D eigenvalue weighted by atomic mass is 9.97. The molecule has 0 saturated heterocycles. The number of hydrogen-bond acceptors (Lipinski definition) is 4. The monoisotopic (exact) mass is 350 g/mol. The summed E-state index contributed by atoms with van der Waals surface area (Å²) >= 11 is 0. The van der Waals surface area contributed by atoms with Gasteiger partial charge in [0, 0.05) is 17.3 Å². The molecule has 0 aliphatic heterocycles. The third-order valence-electron chi connectivity index (χ3n) is 3.98. The van der Waals surface area contributed by atoms with Crippen LogP contribution in [-0.4, -0.2) is 23.4 Å². The third-order valence-corrected chi connectivity index (χ3v) is 4.94. The Morgan fingerprint density at radius 2 is 1.84 bits per heavy atom. The number of aromatic amines is 1. The lowest BCUT2D eigenvalue weighted by Crippen LogP contribution is -2.14. The first-order valence-electron chi connectivity index (χ1n) is 7.55. The van der Waals surface area contributed by atoms with Crippen molar-refractivity contribution in [2.75, 3.05) is 0 Å². The first kappa shape index (κ1) is 15.5. The SMILES string of the molecule is NS(=O)(=O)c1cccc(-c2ccccn2)c1-c1ccc2nc[nH]c2c1. The van der Waals surface area contributed by atoms with E-state index in [4.69, 9.17) is 5.14 Å². The van der Waals surface area contributed by atoms with Crippen molar-refractivity contribution in [3.05, 3.63) is 67.1 Å². The van der Waals surface area contributed by atoms with Gasteiger partial charge >= 0.3 is 0 Å². The van der Waals surface area contributed by atoms with Gasteiger partial charge in [-0.1, -0.05) is 24.3 Å². The number of sulfonamides is 1. The van der Waals surface area contributed by atoms with Gasteiger partial charge in [0.2, 0.25) is 10.0 Å². The minimum atomic E-state index is -3.91. The molecular weight excluding hydrogens is 336 g/mol. The summed E-state index contributed by atoms with van der Waals surface area (Å²) < 4.78 is 24.3. The Morgan fingerprint density at radius 3 is 2.60 bits per heavy atom. The van der Waals surface area contributed by atoms with E-state index >= 15 is 0 Å². The average molecular weight is 350 g/mol. The summed E-state index contributed by atoms with van der Waals surface area (Å²) in [6, 6.07) is 16.0. The van der Waals surface area contributed by atoms with Crippen LogP contribution in [0.1, 0.15) is 0 Å². The quantitative estimate of drug-likeness (QED) is 0.593. The van der Waals surface area contributed by atoms with Crippen LogP contribution in [0.2, 0.25) is 0 Å². The second-order valence-electron chi connectivity index (χ2n) is 5.57. The molecule has 4 aromatic rings. The van der Waals surface area contributed by atoms with E-state index in [1.165, 1.54) is 6.07 Å². The lowest BCUT2D eigenvalue weighted by Gasteiger charge is -2.14. The molecule has 3 N–H and O–H groups in total. The Balaban J connectivity index is 2.07. The fourth-order valence-electron chi connectivity index (χ4n) is 2.89. The first-order chi connectivity index (χ1) is 12.0. The zero-order valence-corrected chi connectivity index (χ0v) is 13.9. The van der Waals surface area contributed by atoms with E-state index in [1.807, 2.05) is 42.5 Å². The van der Waals surface area contributed by atoms with Gasteiger partial charge in [-0.3, -0.25) is 4.98 Å². The number of benzene rings is 2. The topological polar surface area (TPSA) is 102 Å². The van der Waals surface area contributed by atoms with Crippen molar-refractivity contribution in [1.29, 1.82) is 0 Å². The second-order valence-corrected chi connectivity index (χ2v) is 7.10. The van der Waals surface area contributed by atoms with E-state index in [1.54, 1.807) is 18.6 Å². The largest absolute Gasteiger partial charge is 0.345 e. The summed E-state index contributed by atoms with van der Waals surface area (Å²) in [4.78, 5) is 11.7. The van der Waals surface area contributed by atoms with Crippen LogP contribution in [-0.2, 0) is 10.0 Å². The van der Waals surface area contributed by atoms with E-state index in [-0.39, 0.29) is 4.90 Å². The van der Waals surface area contributed by atoms with Gasteiger partial charge in [0.1, 0.15) is 0 Å². The fourth-order valence-corrected chi connectivity index (χ4v) is 3.67. The Labute approximate surface area is 144 Å². The molecule has 0 unspecified atom stereocenters. The van der Waals surface area contributed by atoms with Crippen LogP contribution in [0.25, 0.3) is 33.4 Å². The van der Waals surface area contributed by atoms with Crippen molar-refractivity contribution in [1.82, 2.24) is 15.0 Å². The Kier molecular flexibility index (Phi) is 3.60. The molecule has 2 aromatic heterocycles. The van der Waals surface area contributed by atoms with Gasteiger partial charge < -0.3 is 4.98 Å². The van der Waals surface area contributed by atoms with E-state index in [0.29, 0.717) is 16.8 Å². The average Bonchev–Trinajstić information content (AvgIpc) is 3.09. The summed E-state index contributed by atoms with van der Waals surface area (Å²) in [6.07, 6.45) is 3.26. The number of aromatic nitrogens is 3. The molecule has 0 radical (unpaired) electrons. The number of pyridine rings is 1. The predicted octanol–water partition coefficient (Wildman–Crippen LogP) is 2.94. The second kappa shape index (κ2) is 5.80. The van der Waals surface area contributed by atoms with E-state index < -0.39 is 10.0 Å². The number of nitrogens with one attached hydrogen (secondary N) is 1. The Morgan fingerprint density at radius 1 is 0.960 bits per heavy atom. The summed E-state index contributed by atoms with van der Waals surface area (Å²) in [5.74, 6) is 0. The highest BCUT2D eigenvalue weighted by atomic mass is 32.2. The predicted molar refractivity (Wildman–Crippen MR) is 96.1 cm³/mol. The third kappa shape index (κ3) is 2.79. The van der Waals surface area contributed by atoms with Gasteiger partial charge in [-0.05, 0) is 35.9 Å². The molecule has 0 aliphatic rings. The van der Waals surface area contributed by atoms with Crippen molar-refractivity contribution in [3.63, 3.8) is 0 Å². The van der Waals surface area contributed by atoms with E-state index in [0.717, 1.165) is 16.6 Å². The van der Waals surface area contributed by atoms with Crippen molar-refractivity contribution in [2.24, 2.45) is 5.14 Å². The van der Waals surface area contributed by atoms with Crippen molar-refractivity contribution in [3.8, 4) is 22.4 Å². The molecule has 0 amide bonds. The van der Waals surface area contributed by atoms with Gasteiger partial charge in [-0.25, -0.2) is 18.5 Å². The molecule has 0 spiro atoms. The zero-order valence-electron chi connectivity index (χ0n) is 13.0. The normalized spacial score (nSPS) is 11.7. The maximum atomic E-state index is 12.2. The summed E-state index contributed by atoms with van der Waals surface area (Å²) in [7, 11) is -3.91. The van der Waals surface area contributed by atoms with Crippen LogP contribution in [0, 0.1) is 0 Å². The van der Waals surface area contributed by atoms with E-state index in [2.05, 4.69) is 15.0 Å².